The van der Waals surface area contributed by atoms with Crippen LogP contribution in [0.15, 0.2) is 23.8 Å². The monoisotopic (exact) mass is 264 g/mol. The average Bonchev–Trinajstić information content (AvgIpc) is 2.18. The molecule has 1 aliphatic carbocycles. The highest BCUT2D eigenvalue weighted by molar-refractivity contribution is 6.04. The third-order valence-electron chi connectivity index (χ3n) is 2.92. The largest absolute Gasteiger partial charge is 0.446 e. The van der Waals surface area contributed by atoms with Crippen LogP contribution in [0.1, 0.15) is 41.0 Å². The number of ketones is 2. The minimum Gasteiger partial charge on any atom is -0.446 e. The number of hydrogen-bond donors (Lipinski definition) is 0. The van der Waals surface area contributed by atoms with E-state index in [1.807, 2.05) is 20.8 Å². The Morgan fingerprint density at radius 1 is 1.21 bits per heavy atom. The molecule has 0 spiro atoms. The lowest BCUT2D eigenvalue weighted by Gasteiger charge is -2.33. The molecule has 0 amide bonds. The number of Topliss-reactive ketones (excluding diaryl/α,β-unsaturated/α-hetero) is 1. The molecule has 0 N–H and O–H groups in total. The van der Waals surface area contributed by atoms with Gasteiger partial charge in [0, 0.05) is 6.92 Å². The van der Waals surface area contributed by atoms with Crippen LogP contribution in [0.3, 0.4) is 0 Å². The van der Waals surface area contributed by atoms with E-state index >= 15 is 0 Å². The summed E-state index contributed by atoms with van der Waals surface area (Å²) in [6.07, 6.45) is 4.57. The van der Waals surface area contributed by atoms with E-state index in [9.17, 15) is 14.4 Å². The highest BCUT2D eigenvalue weighted by atomic mass is 16.6. The molecule has 0 fully saturated rings. The Morgan fingerprint density at radius 3 is 2.21 bits per heavy atom. The molecule has 0 bridgehead atoms. The number of hydrogen-bond acceptors (Lipinski definition) is 4. The molecule has 0 radical (unpaired) electrons. The van der Waals surface area contributed by atoms with Crippen LogP contribution in [-0.2, 0) is 19.1 Å². The van der Waals surface area contributed by atoms with Gasteiger partial charge in [0.1, 0.15) is 5.78 Å². The molecule has 0 heterocycles. The third kappa shape index (κ3) is 3.63. The van der Waals surface area contributed by atoms with Crippen molar-refractivity contribution >= 4 is 17.5 Å². The van der Waals surface area contributed by atoms with Crippen molar-refractivity contribution in [2.45, 2.75) is 46.6 Å². The summed E-state index contributed by atoms with van der Waals surface area (Å²) >= 11 is 0. The minimum atomic E-state index is -1.48. The molecule has 1 unspecified atom stereocenters. The Labute approximate surface area is 113 Å². The van der Waals surface area contributed by atoms with Crippen molar-refractivity contribution in [3.05, 3.63) is 23.8 Å². The minimum absolute atomic E-state index is 0.130. The lowest BCUT2D eigenvalue weighted by molar-refractivity contribution is -0.160. The second-order valence-electron chi connectivity index (χ2n) is 5.91. The number of esters is 1. The fraction of sp³-hybridized carbons (Fsp3) is 0.533. The van der Waals surface area contributed by atoms with Crippen molar-refractivity contribution in [3.63, 3.8) is 0 Å². The molecule has 0 aromatic rings. The van der Waals surface area contributed by atoms with E-state index in [0.29, 0.717) is 0 Å². The Hall–Kier alpha value is -1.71. The van der Waals surface area contributed by atoms with Crippen molar-refractivity contribution in [2.75, 3.05) is 0 Å². The number of carbonyl (C=O) groups excluding carboxylic acids is 3. The lowest BCUT2D eigenvalue weighted by atomic mass is 9.77. The topological polar surface area (TPSA) is 60.4 Å². The summed E-state index contributed by atoms with van der Waals surface area (Å²) in [5, 5.41) is 0. The number of ether oxygens (including phenoxy) is 1. The van der Waals surface area contributed by atoms with Gasteiger partial charge in [0.25, 0.3) is 0 Å². The number of allylic oxidation sites excluding steroid dienone is 2. The second kappa shape index (κ2) is 5.11. The maximum absolute atomic E-state index is 12.1. The summed E-state index contributed by atoms with van der Waals surface area (Å²) in [4.78, 5) is 34.8. The predicted molar refractivity (Wildman–Crippen MR) is 71.5 cm³/mol. The van der Waals surface area contributed by atoms with E-state index in [0.717, 1.165) is 5.57 Å². The Morgan fingerprint density at radius 2 is 1.79 bits per heavy atom. The van der Waals surface area contributed by atoms with Crippen LogP contribution >= 0.6 is 0 Å². The van der Waals surface area contributed by atoms with Crippen LogP contribution in [0.5, 0.6) is 0 Å². The second-order valence-corrected chi connectivity index (χ2v) is 5.91. The lowest BCUT2D eigenvalue weighted by Crippen LogP contribution is -2.44. The third-order valence-corrected chi connectivity index (χ3v) is 2.92. The summed E-state index contributed by atoms with van der Waals surface area (Å²) in [7, 11) is 0. The van der Waals surface area contributed by atoms with Gasteiger partial charge in [0.05, 0.1) is 6.42 Å². The quantitative estimate of drug-likeness (QED) is 0.734. The molecule has 0 aliphatic heterocycles. The van der Waals surface area contributed by atoms with E-state index in [4.69, 9.17) is 4.74 Å². The molecule has 0 aromatic carbocycles. The molecule has 1 aliphatic rings. The maximum atomic E-state index is 12.1. The summed E-state index contributed by atoms with van der Waals surface area (Å²) in [6, 6.07) is 0. The van der Waals surface area contributed by atoms with Crippen LogP contribution in [0.4, 0.5) is 0 Å². The van der Waals surface area contributed by atoms with Gasteiger partial charge in [0.2, 0.25) is 5.78 Å². The maximum Gasteiger partial charge on any atom is 0.303 e. The van der Waals surface area contributed by atoms with Gasteiger partial charge in [-0.05, 0) is 30.1 Å². The summed E-state index contributed by atoms with van der Waals surface area (Å²) < 4.78 is 5.19. The van der Waals surface area contributed by atoms with Gasteiger partial charge in [0.15, 0.2) is 5.60 Å². The van der Waals surface area contributed by atoms with Gasteiger partial charge < -0.3 is 4.74 Å². The zero-order valence-corrected chi connectivity index (χ0v) is 12.1. The molecule has 1 atom stereocenters. The van der Waals surface area contributed by atoms with E-state index in [1.54, 1.807) is 12.2 Å². The number of rotatable bonds is 3. The fourth-order valence-corrected chi connectivity index (χ4v) is 2.02. The highest BCUT2D eigenvalue weighted by Crippen LogP contribution is 2.35. The van der Waals surface area contributed by atoms with Gasteiger partial charge in [-0.3, -0.25) is 14.4 Å². The van der Waals surface area contributed by atoms with Gasteiger partial charge in [-0.15, -0.1) is 0 Å². The molecule has 104 valence electrons. The molecule has 0 saturated heterocycles. The Kier molecular flexibility index (Phi) is 4.13. The predicted octanol–water partition coefficient (Wildman–Crippen LogP) is 2.38. The molecule has 4 heteroatoms. The van der Waals surface area contributed by atoms with Gasteiger partial charge >= 0.3 is 5.97 Å². The zero-order chi connectivity index (χ0) is 14.8. The van der Waals surface area contributed by atoms with Crippen molar-refractivity contribution in [1.29, 1.82) is 0 Å². The van der Waals surface area contributed by atoms with Crippen molar-refractivity contribution < 1.29 is 19.1 Å². The van der Waals surface area contributed by atoms with Crippen LogP contribution in [-0.4, -0.2) is 23.1 Å². The molecule has 0 aromatic heterocycles. The van der Waals surface area contributed by atoms with Crippen LogP contribution < -0.4 is 0 Å². The van der Waals surface area contributed by atoms with E-state index < -0.39 is 11.6 Å². The summed E-state index contributed by atoms with van der Waals surface area (Å²) in [6.45, 7) is 8.58. The van der Waals surface area contributed by atoms with E-state index in [1.165, 1.54) is 19.9 Å². The zero-order valence-electron chi connectivity index (χ0n) is 12.1. The molecular formula is C15H20O4. The van der Waals surface area contributed by atoms with Crippen LogP contribution in [0.25, 0.3) is 0 Å². The fourth-order valence-electron chi connectivity index (χ4n) is 2.02. The SMILES string of the molecule is CC(=O)CC1(OC(C)=O)C=C(C(C)(C)C)C=CC1=O. The van der Waals surface area contributed by atoms with Crippen molar-refractivity contribution in [1.82, 2.24) is 0 Å². The Balaban J connectivity index is 3.30. The Bertz CT molecular complexity index is 459. The standard InChI is InChI=1S/C15H20O4/c1-10(16)8-15(19-11(2)17)9-12(14(3,4)5)6-7-13(15)18/h6-7,9H,8H2,1-5H3. The molecule has 19 heavy (non-hydrogen) atoms. The molecular weight excluding hydrogens is 244 g/mol. The smallest absolute Gasteiger partial charge is 0.303 e. The van der Waals surface area contributed by atoms with E-state index in [-0.39, 0.29) is 23.4 Å². The van der Waals surface area contributed by atoms with Crippen molar-refractivity contribution in [3.8, 4) is 0 Å². The normalized spacial score (nSPS) is 23.0. The average molecular weight is 264 g/mol. The molecule has 4 nitrogen and oxygen atoms in total. The number of carbonyl (C=O) groups is 3. The first kappa shape index (κ1) is 15.3. The van der Waals surface area contributed by atoms with Gasteiger partial charge in [-0.2, -0.15) is 0 Å². The first-order chi connectivity index (χ1) is 8.57. The van der Waals surface area contributed by atoms with E-state index in [2.05, 4.69) is 0 Å². The molecule has 0 saturated carbocycles. The summed E-state index contributed by atoms with van der Waals surface area (Å²) in [5.74, 6) is -1.14. The van der Waals surface area contributed by atoms with Crippen LogP contribution in [0.2, 0.25) is 0 Å². The highest BCUT2D eigenvalue weighted by Gasteiger charge is 2.42. The van der Waals surface area contributed by atoms with Crippen molar-refractivity contribution in [2.24, 2.45) is 5.41 Å². The molecule has 1 rings (SSSR count). The van der Waals surface area contributed by atoms with Gasteiger partial charge in [-0.25, -0.2) is 0 Å². The first-order valence-electron chi connectivity index (χ1n) is 6.22. The van der Waals surface area contributed by atoms with Crippen LogP contribution in [0, 0.1) is 5.41 Å². The first-order valence-corrected chi connectivity index (χ1v) is 6.22. The summed E-state index contributed by atoms with van der Waals surface area (Å²) in [5.41, 5.74) is -0.802. The van der Waals surface area contributed by atoms with Gasteiger partial charge in [-0.1, -0.05) is 26.8 Å².